The summed E-state index contributed by atoms with van der Waals surface area (Å²) in [6, 6.07) is 7.43. The number of hydrogen-bond donors (Lipinski definition) is 2. The van der Waals surface area contributed by atoms with Gasteiger partial charge in [-0.2, -0.15) is 0 Å². The van der Waals surface area contributed by atoms with E-state index in [2.05, 4.69) is 9.98 Å². The zero-order valence-electron chi connectivity index (χ0n) is 9.65. The molecule has 4 nitrogen and oxygen atoms in total. The lowest BCUT2D eigenvalue weighted by Crippen LogP contribution is -1.95. The fourth-order valence-electron chi connectivity index (χ4n) is 1.43. The van der Waals surface area contributed by atoms with E-state index >= 15 is 0 Å². The van der Waals surface area contributed by atoms with Crippen LogP contribution in [0.25, 0.3) is 0 Å². The third kappa shape index (κ3) is 3.03. The molecule has 0 spiro atoms. The van der Waals surface area contributed by atoms with Crippen LogP contribution in [0.2, 0.25) is 0 Å². The first kappa shape index (κ1) is 12.5. The second-order valence-electron chi connectivity index (χ2n) is 3.51. The molecule has 0 radical (unpaired) electrons. The number of aromatic nitrogens is 1. The smallest absolute Gasteiger partial charge is 0.152 e. The molecule has 18 heavy (non-hydrogen) atoms. The molecule has 2 aromatic heterocycles. The summed E-state index contributed by atoms with van der Waals surface area (Å²) < 4.78 is 0. The topological polar surface area (TPSA) is 71.5 Å². The van der Waals surface area contributed by atoms with Crippen LogP contribution in [0, 0.1) is 0 Å². The van der Waals surface area contributed by atoms with Crippen molar-refractivity contribution in [2.24, 2.45) is 10.7 Å². The summed E-state index contributed by atoms with van der Waals surface area (Å²) in [5.41, 5.74) is 6.97. The molecule has 0 atom stereocenters. The van der Waals surface area contributed by atoms with Crippen LogP contribution < -0.4 is 5.73 Å². The van der Waals surface area contributed by atoms with E-state index in [1.165, 1.54) is 6.20 Å². The van der Waals surface area contributed by atoms with Gasteiger partial charge >= 0.3 is 0 Å². The van der Waals surface area contributed by atoms with Crippen LogP contribution in [0.5, 0.6) is 0 Å². The number of nitrogens with two attached hydrogens (primary N) is 1. The molecule has 2 aromatic rings. The molecular weight excluding hydrogens is 246 g/mol. The van der Waals surface area contributed by atoms with E-state index < -0.39 is 0 Å². The summed E-state index contributed by atoms with van der Waals surface area (Å²) in [5, 5.41) is 11.1. The predicted molar refractivity (Wildman–Crippen MR) is 74.0 cm³/mol. The van der Waals surface area contributed by atoms with Crippen molar-refractivity contribution >= 4 is 22.9 Å². The lowest BCUT2D eigenvalue weighted by atomic mass is 10.2. The lowest BCUT2D eigenvalue weighted by molar-refractivity contribution is 0.282. The van der Waals surface area contributed by atoms with Crippen molar-refractivity contribution < 1.29 is 5.11 Å². The van der Waals surface area contributed by atoms with Gasteiger partial charge in [0.2, 0.25) is 0 Å². The van der Waals surface area contributed by atoms with Crippen molar-refractivity contribution in [3.05, 3.63) is 58.6 Å². The first-order chi connectivity index (χ1) is 8.83. The van der Waals surface area contributed by atoms with Gasteiger partial charge in [-0.25, -0.2) is 9.98 Å². The predicted octanol–water partition coefficient (Wildman–Crippen LogP) is 2.23. The molecular formula is C13H13N3OS. The minimum atomic E-state index is -0.0217. The van der Waals surface area contributed by atoms with Gasteiger partial charge in [-0.1, -0.05) is 6.07 Å². The fraction of sp³-hybridized carbons (Fsp3) is 0.0769. The highest BCUT2D eigenvalue weighted by molar-refractivity contribution is 7.12. The zero-order valence-corrected chi connectivity index (χ0v) is 10.5. The van der Waals surface area contributed by atoms with Gasteiger partial charge < -0.3 is 10.8 Å². The highest BCUT2D eigenvalue weighted by Gasteiger charge is 2.02. The molecule has 0 saturated carbocycles. The minimum Gasteiger partial charge on any atom is -0.405 e. The lowest BCUT2D eigenvalue weighted by Gasteiger charge is -2.00. The Hall–Kier alpha value is -1.98. The zero-order chi connectivity index (χ0) is 12.8. The van der Waals surface area contributed by atoms with Gasteiger partial charge in [0.25, 0.3) is 0 Å². The minimum absolute atomic E-state index is 0.0217. The molecule has 0 aliphatic carbocycles. The van der Waals surface area contributed by atoms with E-state index in [9.17, 15) is 0 Å². The van der Waals surface area contributed by atoms with Gasteiger partial charge in [-0.3, -0.25) is 0 Å². The standard InChI is InChI=1S/C13H13N3OS/c14-5-3-11(12-2-1-7-18-12)16-13-8-10(9-17)4-6-15-13/h1-8,17H,9,14H2/b5-3-,16-11?. The molecule has 0 amide bonds. The van der Waals surface area contributed by atoms with E-state index in [-0.39, 0.29) is 6.61 Å². The number of aliphatic hydroxyl groups excluding tert-OH is 1. The van der Waals surface area contributed by atoms with Crippen molar-refractivity contribution in [3.8, 4) is 0 Å². The molecule has 0 aromatic carbocycles. The first-order valence-electron chi connectivity index (χ1n) is 5.40. The van der Waals surface area contributed by atoms with E-state index in [1.807, 2.05) is 17.5 Å². The summed E-state index contributed by atoms with van der Waals surface area (Å²) >= 11 is 1.59. The summed E-state index contributed by atoms with van der Waals surface area (Å²) in [6.45, 7) is -0.0217. The molecule has 2 heterocycles. The van der Waals surface area contributed by atoms with Crippen LogP contribution in [0.3, 0.4) is 0 Å². The summed E-state index contributed by atoms with van der Waals surface area (Å²) in [5.74, 6) is 0.558. The highest BCUT2D eigenvalue weighted by atomic mass is 32.1. The highest BCUT2D eigenvalue weighted by Crippen LogP contribution is 2.16. The van der Waals surface area contributed by atoms with Gasteiger partial charge in [-0.15, -0.1) is 11.3 Å². The Morgan fingerprint density at radius 3 is 3.06 bits per heavy atom. The Balaban J connectivity index is 2.38. The number of aliphatic imine (C=N–C) groups is 1. The van der Waals surface area contributed by atoms with E-state index in [4.69, 9.17) is 10.8 Å². The Bertz CT molecular complexity index is 561. The first-order valence-corrected chi connectivity index (χ1v) is 6.28. The number of thiophene rings is 1. The average molecular weight is 259 g/mol. The fourth-order valence-corrected chi connectivity index (χ4v) is 2.13. The van der Waals surface area contributed by atoms with Crippen LogP contribution in [-0.4, -0.2) is 15.8 Å². The van der Waals surface area contributed by atoms with Gasteiger partial charge in [0.15, 0.2) is 5.82 Å². The molecule has 3 N–H and O–H groups in total. The third-order valence-electron chi connectivity index (χ3n) is 2.26. The molecule has 0 aliphatic rings. The Morgan fingerprint density at radius 1 is 1.50 bits per heavy atom. The molecule has 0 unspecified atom stereocenters. The number of aliphatic hydroxyl groups is 1. The summed E-state index contributed by atoms with van der Waals surface area (Å²) in [6.07, 6.45) is 4.82. The van der Waals surface area contributed by atoms with Crippen molar-refractivity contribution in [2.75, 3.05) is 0 Å². The van der Waals surface area contributed by atoms with Crippen molar-refractivity contribution in [1.29, 1.82) is 0 Å². The average Bonchev–Trinajstić information content (AvgIpc) is 2.92. The largest absolute Gasteiger partial charge is 0.405 e. The van der Waals surface area contributed by atoms with Gasteiger partial charge in [0.1, 0.15) is 0 Å². The normalized spacial score (nSPS) is 12.2. The van der Waals surface area contributed by atoms with Crippen LogP contribution in [0.15, 0.2) is 53.1 Å². The van der Waals surface area contributed by atoms with Crippen LogP contribution in [0.1, 0.15) is 10.4 Å². The van der Waals surface area contributed by atoms with E-state index in [0.717, 1.165) is 16.2 Å². The van der Waals surface area contributed by atoms with Crippen molar-refractivity contribution in [1.82, 2.24) is 4.98 Å². The second-order valence-corrected chi connectivity index (χ2v) is 4.46. The van der Waals surface area contributed by atoms with Crippen molar-refractivity contribution in [2.45, 2.75) is 6.61 Å². The molecule has 0 fully saturated rings. The number of pyridine rings is 1. The number of hydrogen-bond acceptors (Lipinski definition) is 5. The van der Waals surface area contributed by atoms with Crippen LogP contribution in [-0.2, 0) is 6.61 Å². The molecule has 0 aliphatic heterocycles. The Morgan fingerprint density at radius 2 is 2.39 bits per heavy atom. The van der Waals surface area contributed by atoms with Gasteiger partial charge in [0.05, 0.1) is 17.2 Å². The van der Waals surface area contributed by atoms with Gasteiger partial charge in [0, 0.05) is 6.20 Å². The molecule has 0 saturated heterocycles. The van der Waals surface area contributed by atoms with E-state index in [1.54, 1.807) is 35.7 Å². The maximum Gasteiger partial charge on any atom is 0.152 e. The maximum atomic E-state index is 9.08. The van der Waals surface area contributed by atoms with Crippen molar-refractivity contribution in [3.63, 3.8) is 0 Å². The summed E-state index contributed by atoms with van der Waals surface area (Å²) in [7, 11) is 0. The number of nitrogens with zero attached hydrogens (tertiary/aromatic N) is 2. The molecule has 5 heteroatoms. The number of allylic oxidation sites excluding steroid dienone is 1. The maximum absolute atomic E-state index is 9.08. The third-order valence-corrected chi connectivity index (χ3v) is 3.15. The van der Waals surface area contributed by atoms with Crippen LogP contribution in [0.4, 0.5) is 5.82 Å². The van der Waals surface area contributed by atoms with E-state index in [0.29, 0.717) is 5.82 Å². The Labute approximate surface area is 109 Å². The Kier molecular flexibility index (Phi) is 4.22. The molecule has 0 bridgehead atoms. The molecule has 92 valence electrons. The van der Waals surface area contributed by atoms with Gasteiger partial charge in [-0.05, 0) is 41.4 Å². The second kappa shape index (κ2) is 6.09. The monoisotopic (exact) mass is 259 g/mol. The summed E-state index contributed by atoms with van der Waals surface area (Å²) in [4.78, 5) is 9.61. The van der Waals surface area contributed by atoms with Crippen LogP contribution >= 0.6 is 11.3 Å². The number of rotatable bonds is 4. The quantitative estimate of drug-likeness (QED) is 0.827. The SMILES string of the molecule is N/C=C\C(=Nc1cc(CO)ccn1)c1cccs1. The molecule has 2 rings (SSSR count).